The monoisotopic (exact) mass is 516 g/mol. The molecule has 0 saturated carbocycles. The highest BCUT2D eigenvalue weighted by atomic mass is 19.2. The summed E-state index contributed by atoms with van der Waals surface area (Å²) in [4.78, 5) is 0. The third-order valence-corrected chi connectivity index (χ3v) is 6.59. The van der Waals surface area contributed by atoms with Crippen LogP contribution in [0, 0.1) is 29.2 Å². The molecule has 0 aliphatic carbocycles. The summed E-state index contributed by atoms with van der Waals surface area (Å²) in [5.74, 6) is -3.98. The van der Waals surface area contributed by atoms with Gasteiger partial charge in [0.25, 0.3) is 0 Å². The fraction of sp³-hybridized carbons (Fsp3) is 0.400. The molecule has 1 fully saturated rings. The minimum Gasteiger partial charge on any atom is -0.490 e. The Morgan fingerprint density at radius 3 is 1.89 bits per heavy atom. The van der Waals surface area contributed by atoms with Crippen molar-refractivity contribution in [2.24, 2.45) is 5.92 Å². The van der Waals surface area contributed by atoms with Crippen molar-refractivity contribution in [3.63, 3.8) is 0 Å². The molecule has 1 aliphatic rings. The molecule has 0 spiro atoms. The van der Waals surface area contributed by atoms with E-state index in [-0.39, 0.29) is 28.4 Å². The molecule has 3 nitrogen and oxygen atoms in total. The molecule has 37 heavy (non-hydrogen) atoms. The quantitative estimate of drug-likeness (QED) is 0.199. The standard InChI is InChI=1S/C30H32F4O3/c1-3-5-6-16-35-25-15-14-23(27(32)29(25)34)21-10-8-20(9-11-21)22-12-13-24(28(33)26(22)31)30-36-17-19(7-4-2)18-37-30/h8-15,19,30H,3-7,16-18H2,1-2H3. The van der Waals surface area contributed by atoms with Crippen LogP contribution < -0.4 is 4.74 Å². The van der Waals surface area contributed by atoms with Crippen LogP contribution in [0.25, 0.3) is 22.3 Å². The van der Waals surface area contributed by atoms with E-state index in [0.717, 1.165) is 32.1 Å². The van der Waals surface area contributed by atoms with Gasteiger partial charge in [-0.25, -0.2) is 13.2 Å². The number of hydrogen-bond donors (Lipinski definition) is 0. The Kier molecular flexibility index (Phi) is 9.22. The van der Waals surface area contributed by atoms with Crippen LogP contribution in [0.15, 0.2) is 48.5 Å². The summed E-state index contributed by atoms with van der Waals surface area (Å²) in [7, 11) is 0. The summed E-state index contributed by atoms with van der Waals surface area (Å²) >= 11 is 0. The molecule has 0 bridgehead atoms. The van der Waals surface area contributed by atoms with Crippen LogP contribution in [-0.4, -0.2) is 19.8 Å². The van der Waals surface area contributed by atoms with Crippen LogP contribution in [0.3, 0.4) is 0 Å². The fourth-order valence-electron chi connectivity index (χ4n) is 4.50. The first-order valence-corrected chi connectivity index (χ1v) is 12.9. The van der Waals surface area contributed by atoms with E-state index in [1.165, 1.54) is 24.3 Å². The molecule has 3 aromatic carbocycles. The minimum absolute atomic E-state index is 0.0161. The van der Waals surface area contributed by atoms with Crippen LogP contribution in [0.1, 0.15) is 57.8 Å². The Hall–Kier alpha value is -2.90. The first kappa shape index (κ1) is 27.1. The van der Waals surface area contributed by atoms with Gasteiger partial charge in [0.1, 0.15) is 0 Å². The van der Waals surface area contributed by atoms with Crippen LogP contribution in [0.5, 0.6) is 5.75 Å². The van der Waals surface area contributed by atoms with Crippen molar-refractivity contribution in [1.82, 2.24) is 0 Å². The first-order chi connectivity index (χ1) is 17.9. The largest absolute Gasteiger partial charge is 0.490 e. The lowest BCUT2D eigenvalue weighted by Crippen LogP contribution is -2.27. The second-order valence-corrected chi connectivity index (χ2v) is 9.36. The third kappa shape index (κ3) is 6.16. The molecule has 0 atom stereocenters. The molecule has 4 rings (SSSR count). The van der Waals surface area contributed by atoms with E-state index in [9.17, 15) is 13.2 Å². The number of rotatable bonds is 10. The Labute approximate surface area is 215 Å². The van der Waals surface area contributed by atoms with Gasteiger partial charge in [0.2, 0.25) is 5.82 Å². The zero-order chi connectivity index (χ0) is 26.4. The van der Waals surface area contributed by atoms with Crippen molar-refractivity contribution in [2.45, 2.75) is 52.2 Å². The molecule has 0 aromatic heterocycles. The second kappa shape index (κ2) is 12.6. The van der Waals surface area contributed by atoms with Crippen molar-refractivity contribution in [2.75, 3.05) is 19.8 Å². The van der Waals surface area contributed by atoms with Gasteiger partial charge in [0, 0.05) is 22.6 Å². The second-order valence-electron chi connectivity index (χ2n) is 9.36. The molecule has 0 N–H and O–H groups in total. The maximum absolute atomic E-state index is 15.0. The first-order valence-electron chi connectivity index (χ1n) is 12.9. The molecule has 1 aliphatic heterocycles. The van der Waals surface area contributed by atoms with Gasteiger partial charge in [0.05, 0.1) is 19.8 Å². The predicted octanol–water partition coefficient (Wildman–Crippen LogP) is 8.61. The molecular formula is C30H32F4O3. The summed E-state index contributed by atoms with van der Waals surface area (Å²) in [5, 5.41) is 0. The Bertz CT molecular complexity index is 1190. The summed E-state index contributed by atoms with van der Waals surface area (Å²) in [6.07, 6.45) is 3.71. The summed E-state index contributed by atoms with van der Waals surface area (Å²) < 4.78 is 75.9. The van der Waals surface area contributed by atoms with Gasteiger partial charge in [-0.2, -0.15) is 4.39 Å². The minimum atomic E-state index is -1.05. The summed E-state index contributed by atoms with van der Waals surface area (Å²) in [6.45, 7) is 5.31. The molecule has 7 heteroatoms. The molecule has 0 unspecified atom stereocenters. The van der Waals surface area contributed by atoms with Crippen LogP contribution in [0.4, 0.5) is 17.6 Å². The molecule has 1 heterocycles. The van der Waals surface area contributed by atoms with Crippen LogP contribution in [-0.2, 0) is 9.47 Å². The number of ether oxygens (including phenoxy) is 3. The fourth-order valence-corrected chi connectivity index (χ4v) is 4.50. The van der Waals surface area contributed by atoms with Crippen molar-refractivity contribution in [1.29, 1.82) is 0 Å². The van der Waals surface area contributed by atoms with Crippen molar-refractivity contribution in [3.05, 3.63) is 77.4 Å². The molecule has 198 valence electrons. The average molecular weight is 517 g/mol. The van der Waals surface area contributed by atoms with Gasteiger partial charge >= 0.3 is 0 Å². The normalized spacial score (nSPS) is 17.7. The highest BCUT2D eigenvalue weighted by Gasteiger charge is 2.27. The maximum Gasteiger partial charge on any atom is 0.201 e. The lowest BCUT2D eigenvalue weighted by Gasteiger charge is -2.29. The number of unbranched alkanes of at least 4 members (excludes halogenated alkanes) is 2. The van der Waals surface area contributed by atoms with Crippen LogP contribution in [0.2, 0.25) is 0 Å². The Balaban J connectivity index is 1.50. The van der Waals surface area contributed by atoms with E-state index < -0.39 is 29.6 Å². The van der Waals surface area contributed by atoms with Gasteiger partial charge in [-0.15, -0.1) is 0 Å². The lowest BCUT2D eigenvalue weighted by molar-refractivity contribution is -0.207. The topological polar surface area (TPSA) is 27.7 Å². The summed E-state index contributed by atoms with van der Waals surface area (Å²) in [5.41, 5.74) is 0.926. The van der Waals surface area contributed by atoms with E-state index in [4.69, 9.17) is 14.2 Å². The molecule has 1 saturated heterocycles. The maximum atomic E-state index is 15.0. The van der Waals surface area contributed by atoms with Gasteiger partial charge in [-0.3, -0.25) is 0 Å². The Morgan fingerprint density at radius 2 is 1.30 bits per heavy atom. The van der Waals surface area contributed by atoms with E-state index in [1.807, 2.05) is 6.92 Å². The van der Waals surface area contributed by atoms with Gasteiger partial charge < -0.3 is 14.2 Å². The van der Waals surface area contributed by atoms with E-state index in [2.05, 4.69) is 6.92 Å². The van der Waals surface area contributed by atoms with Gasteiger partial charge in [-0.05, 0) is 36.1 Å². The summed E-state index contributed by atoms with van der Waals surface area (Å²) in [6, 6.07) is 12.0. The predicted molar refractivity (Wildman–Crippen MR) is 135 cm³/mol. The number of halogens is 4. The number of hydrogen-bond acceptors (Lipinski definition) is 3. The molecular weight excluding hydrogens is 484 g/mol. The lowest BCUT2D eigenvalue weighted by atomic mass is 9.98. The highest BCUT2D eigenvalue weighted by molar-refractivity contribution is 5.71. The third-order valence-electron chi connectivity index (χ3n) is 6.59. The zero-order valence-electron chi connectivity index (χ0n) is 21.2. The zero-order valence-corrected chi connectivity index (χ0v) is 21.2. The van der Waals surface area contributed by atoms with Crippen molar-refractivity contribution in [3.8, 4) is 28.0 Å². The van der Waals surface area contributed by atoms with Gasteiger partial charge in [0.15, 0.2) is 29.5 Å². The van der Waals surface area contributed by atoms with E-state index in [0.29, 0.717) is 30.9 Å². The smallest absolute Gasteiger partial charge is 0.201 e. The van der Waals surface area contributed by atoms with Crippen LogP contribution >= 0.6 is 0 Å². The molecule has 0 amide bonds. The average Bonchev–Trinajstić information content (AvgIpc) is 2.91. The molecule has 3 aromatic rings. The highest BCUT2D eigenvalue weighted by Crippen LogP contribution is 2.35. The number of benzene rings is 3. The van der Waals surface area contributed by atoms with Crippen molar-refractivity contribution < 1.29 is 31.8 Å². The molecule has 0 radical (unpaired) electrons. The SMILES string of the molecule is CCCCCOc1ccc(-c2ccc(-c3ccc(C4OCC(CCC)CO4)c(F)c3F)cc2)c(F)c1F. The van der Waals surface area contributed by atoms with E-state index >= 15 is 4.39 Å². The van der Waals surface area contributed by atoms with Gasteiger partial charge in [-0.1, -0.05) is 69.5 Å². The van der Waals surface area contributed by atoms with E-state index in [1.54, 1.807) is 24.3 Å². The Morgan fingerprint density at radius 1 is 0.703 bits per heavy atom. The van der Waals surface area contributed by atoms with Crippen molar-refractivity contribution >= 4 is 0 Å².